The topological polar surface area (TPSA) is 112 Å². The molecule has 2 aliphatic rings. The van der Waals surface area contributed by atoms with Gasteiger partial charge in [-0.05, 0) is 80.5 Å². The van der Waals surface area contributed by atoms with Gasteiger partial charge >= 0.3 is 12.1 Å². The highest BCUT2D eigenvalue weighted by molar-refractivity contribution is 6.00. The zero-order chi connectivity index (χ0) is 24.6. The average molecular weight is 480 g/mol. The summed E-state index contributed by atoms with van der Waals surface area (Å²) in [5, 5.41) is 11.7. The van der Waals surface area contributed by atoms with E-state index in [2.05, 4.69) is 21.3 Å². The molecule has 0 spiro atoms. The zero-order valence-electron chi connectivity index (χ0n) is 20.1. The number of urea groups is 1. The van der Waals surface area contributed by atoms with Gasteiger partial charge < -0.3 is 25.6 Å². The van der Waals surface area contributed by atoms with Gasteiger partial charge in [0.1, 0.15) is 0 Å². The van der Waals surface area contributed by atoms with Crippen LogP contribution >= 0.6 is 0 Å². The number of hydrogen-bond donors (Lipinski definition) is 4. The van der Waals surface area contributed by atoms with E-state index < -0.39 is 6.09 Å². The maximum atomic E-state index is 12.5. The number of aryl methyl sites for hydroxylation is 2. The predicted molar refractivity (Wildman–Crippen MR) is 136 cm³/mol. The highest BCUT2D eigenvalue weighted by Crippen LogP contribution is 2.25. The number of anilines is 3. The van der Waals surface area contributed by atoms with E-state index in [0.29, 0.717) is 11.4 Å². The van der Waals surface area contributed by atoms with Crippen molar-refractivity contribution in [3.05, 3.63) is 53.6 Å². The number of benzene rings is 2. The smallest absolute Gasteiger partial charge is 0.411 e. The Morgan fingerprint density at radius 3 is 2.31 bits per heavy atom. The number of methoxy groups -OCH3 is 1. The standard InChI is InChI=1S/C26H33N5O4/c1-35-26(34)30-23-17-19(10-13-21(23)29-24(32)22-5-4-14-27-22)7-6-18-8-11-20(12-9-18)28-25(33)31-15-2-3-16-31/h8-13,17,22,27H,2-7,14-16H2,1H3,(H,28,33)(H,29,32)(H,30,34). The molecule has 0 radical (unpaired) electrons. The SMILES string of the molecule is COC(=O)Nc1cc(CCc2ccc(NC(=O)N3CCCC3)cc2)ccc1NC(=O)C1CCCN1. The second kappa shape index (κ2) is 11.7. The minimum absolute atomic E-state index is 0.0446. The molecule has 0 aromatic heterocycles. The van der Waals surface area contributed by atoms with Gasteiger partial charge in [-0.25, -0.2) is 9.59 Å². The normalized spacial score (nSPS) is 17.2. The van der Waals surface area contributed by atoms with Crippen molar-refractivity contribution in [2.45, 2.75) is 44.6 Å². The van der Waals surface area contributed by atoms with Crippen LogP contribution in [0.1, 0.15) is 36.8 Å². The summed E-state index contributed by atoms with van der Waals surface area (Å²) >= 11 is 0. The molecule has 0 bridgehead atoms. The molecule has 0 aliphatic carbocycles. The maximum absolute atomic E-state index is 12.5. The van der Waals surface area contributed by atoms with Crippen LogP contribution in [0.2, 0.25) is 0 Å². The van der Waals surface area contributed by atoms with Crippen LogP contribution in [0.5, 0.6) is 0 Å². The van der Waals surface area contributed by atoms with E-state index in [1.165, 1.54) is 7.11 Å². The fraction of sp³-hybridized carbons (Fsp3) is 0.423. The van der Waals surface area contributed by atoms with Gasteiger partial charge in [-0.1, -0.05) is 18.2 Å². The third-order valence-corrected chi connectivity index (χ3v) is 6.44. The third kappa shape index (κ3) is 6.73. The van der Waals surface area contributed by atoms with E-state index in [1.54, 1.807) is 0 Å². The Hall–Kier alpha value is -3.59. The zero-order valence-corrected chi connectivity index (χ0v) is 20.1. The quantitative estimate of drug-likeness (QED) is 0.480. The second-order valence-corrected chi connectivity index (χ2v) is 8.96. The molecule has 2 fully saturated rings. The van der Waals surface area contributed by atoms with E-state index in [9.17, 15) is 14.4 Å². The van der Waals surface area contributed by atoms with Crippen LogP contribution in [0.25, 0.3) is 0 Å². The first kappa shape index (κ1) is 24.5. The Morgan fingerprint density at radius 2 is 1.63 bits per heavy atom. The van der Waals surface area contributed by atoms with Gasteiger partial charge in [-0.15, -0.1) is 0 Å². The Labute approximate surface area is 205 Å². The summed E-state index contributed by atoms with van der Waals surface area (Å²) in [5.41, 5.74) is 3.97. The van der Waals surface area contributed by atoms with Gasteiger partial charge in [0.05, 0.1) is 24.5 Å². The molecule has 1 unspecified atom stereocenters. The van der Waals surface area contributed by atoms with Crippen LogP contribution < -0.4 is 21.3 Å². The summed E-state index contributed by atoms with van der Waals surface area (Å²) < 4.78 is 4.75. The first-order valence-corrected chi connectivity index (χ1v) is 12.2. The Kier molecular flexibility index (Phi) is 8.20. The predicted octanol–water partition coefficient (Wildman–Crippen LogP) is 3.97. The third-order valence-electron chi connectivity index (χ3n) is 6.44. The Balaban J connectivity index is 1.37. The molecule has 35 heavy (non-hydrogen) atoms. The number of amides is 4. The summed E-state index contributed by atoms with van der Waals surface area (Å²) in [6.07, 6.45) is 4.83. The molecule has 186 valence electrons. The minimum atomic E-state index is -0.594. The maximum Gasteiger partial charge on any atom is 0.411 e. The van der Waals surface area contributed by atoms with Crippen molar-refractivity contribution in [3.8, 4) is 0 Å². The van der Waals surface area contributed by atoms with Gasteiger partial charge in [0.15, 0.2) is 0 Å². The van der Waals surface area contributed by atoms with Gasteiger partial charge in [-0.3, -0.25) is 10.1 Å². The van der Waals surface area contributed by atoms with Gasteiger partial charge in [0.2, 0.25) is 5.91 Å². The molecule has 4 amide bonds. The molecular formula is C26H33N5O4. The summed E-state index contributed by atoms with van der Waals surface area (Å²) in [7, 11) is 1.30. The second-order valence-electron chi connectivity index (χ2n) is 8.96. The molecule has 4 N–H and O–H groups in total. The number of carbonyl (C=O) groups excluding carboxylic acids is 3. The lowest BCUT2D eigenvalue weighted by Gasteiger charge is -2.16. The van der Waals surface area contributed by atoms with Crippen molar-refractivity contribution in [2.75, 3.05) is 42.7 Å². The van der Waals surface area contributed by atoms with Gasteiger partial charge in [0.25, 0.3) is 0 Å². The van der Waals surface area contributed by atoms with Crippen molar-refractivity contribution in [1.29, 1.82) is 0 Å². The average Bonchev–Trinajstić information content (AvgIpc) is 3.60. The molecular weight excluding hydrogens is 446 g/mol. The van der Waals surface area contributed by atoms with Crippen LogP contribution in [0.4, 0.5) is 26.7 Å². The van der Waals surface area contributed by atoms with E-state index in [1.807, 2.05) is 47.4 Å². The largest absolute Gasteiger partial charge is 0.453 e. The number of likely N-dealkylation sites (tertiary alicyclic amines) is 1. The molecule has 2 aromatic rings. The molecule has 2 aliphatic heterocycles. The summed E-state index contributed by atoms with van der Waals surface area (Å²) in [4.78, 5) is 38.5. The highest BCUT2D eigenvalue weighted by Gasteiger charge is 2.23. The number of hydrogen-bond acceptors (Lipinski definition) is 5. The molecule has 1 atom stereocenters. The number of carbonyl (C=O) groups is 3. The molecule has 9 nitrogen and oxygen atoms in total. The van der Waals surface area contributed by atoms with Crippen molar-refractivity contribution in [1.82, 2.24) is 10.2 Å². The van der Waals surface area contributed by atoms with Crippen LogP contribution in [0, 0.1) is 0 Å². The Bertz CT molecular complexity index is 1040. The fourth-order valence-electron chi connectivity index (χ4n) is 4.41. The molecule has 4 rings (SSSR count). The van der Waals surface area contributed by atoms with Crippen molar-refractivity contribution >= 4 is 35.1 Å². The fourth-order valence-corrected chi connectivity index (χ4v) is 4.41. The first-order valence-electron chi connectivity index (χ1n) is 12.2. The van der Waals surface area contributed by atoms with Crippen molar-refractivity contribution in [2.24, 2.45) is 0 Å². The van der Waals surface area contributed by atoms with Crippen molar-refractivity contribution < 1.29 is 19.1 Å². The number of ether oxygens (including phenoxy) is 1. The number of nitrogens with zero attached hydrogens (tertiary/aromatic N) is 1. The lowest BCUT2D eigenvalue weighted by Crippen LogP contribution is -2.35. The van der Waals surface area contributed by atoms with E-state index in [4.69, 9.17) is 4.74 Å². The first-order chi connectivity index (χ1) is 17.0. The van der Waals surface area contributed by atoms with Gasteiger partial charge in [-0.2, -0.15) is 0 Å². The number of rotatable bonds is 7. The number of nitrogens with one attached hydrogen (secondary N) is 4. The molecule has 2 aromatic carbocycles. The monoisotopic (exact) mass is 479 g/mol. The van der Waals surface area contributed by atoms with Crippen molar-refractivity contribution in [3.63, 3.8) is 0 Å². The van der Waals surface area contributed by atoms with Crippen LogP contribution in [-0.2, 0) is 22.4 Å². The molecule has 2 heterocycles. The summed E-state index contributed by atoms with van der Waals surface area (Å²) in [6, 6.07) is 13.2. The highest BCUT2D eigenvalue weighted by atomic mass is 16.5. The minimum Gasteiger partial charge on any atom is -0.453 e. The molecule has 2 saturated heterocycles. The van der Waals surface area contributed by atoms with Crippen LogP contribution in [0.15, 0.2) is 42.5 Å². The van der Waals surface area contributed by atoms with E-state index >= 15 is 0 Å². The Morgan fingerprint density at radius 1 is 0.914 bits per heavy atom. The van der Waals surface area contributed by atoms with E-state index in [0.717, 1.165) is 75.0 Å². The molecule has 9 heteroatoms. The van der Waals surface area contributed by atoms with Crippen LogP contribution in [-0.4, -0.2) is 55.7 Å². The van der Waals surface area contributed by atoms with Crippen LogP contribution in [0.3, 0.4) is 0 Å². The lowest BCUT2D eigenvalue weighted by molar-refractivity contribution is -0.117. The lowest BCUT2D eigenvalue weighted by atomic mass is 10.0. The van der Waals surface area contributed by atoms with Gasteiger partial charge in [0, 0.05) is 18.8 Å². The van der Waals surface area contributed by atoms with E-state index in [-0.39, 0.29) is 18.0 Å². The summed E-state index contributed by atoms with van der Waals surface area (Å²) in [5.74, 6) is -0.111. The molecule has 0 saturated carbocycles. The summed E-state index contributed by atoms with van der Waals surface area (Å²) in [6.45, 7) is 2.46.